The third-order valence-corrected chi connectivity index (χ3v) is 2.51. The zero-order valence-corrected chi connectivity index (χ0v) is 6.63. The smallest absolute Gasteiger partial charge is 0.175 e. The fourth-order valence-electron chi connectivity index (χ4n) is 1.93. The van der Waals surface area contributed by atoms with Crippen LogP contribution in [0.1, 0.15) is 6.42 Å². The zero-order valence-electron chi connectivity index (χ0n) is 6.63. The van der Waals surface area contributed by atoms with E-state index in [1.54, 1.807) is 0 Å². The molecule has 0 spiro atoms. The van der Waals surface area contributed by atoms with Gasteiger partial charge in [0, 0.05) is 13.1 Å². The Balaban J connectivity index is 2.09. The summed E-state index contributed by atoms with van der Waals surface area (Å²) in [5, 5.41) is 27.9. The van der Waals surface area contributed by atoms with Gasteiger partial charge >= 0.3 is 0 Å². The number of hydrogen-bond acceptors (Lipinski definition) is 5. The number of fused-ring (bicyclic) bond motifs is 1. The normalized spacial score (nSPS) is 49.2. The van der Waals surface area contributed by atoms with Crippen molar-refractivity contribution in [1.29, 1.82) is 0 Å². The van der Waals surface area contributed by atoms with E-state index >= 15 is 0 Å². The number of nitrogens with zero attached hydrogens (tertiary/aromatic N) is 1. The fraction of sp³-hybridized carbons (Fsp3) is 1.00. The van der Waals surface area contributed by atoms with Crippen LogP contribution in [0.3, 0.4) is 0 Å². The molecule has 2 aliphatic rings. The van der Waals surface area contributed by atoms with Crippen LogP contribution in [0.5, 0.6) is 0 Å². The molecule has 2 saturated heterocycles. The van der Waals surface area contributed by atoms with Crippen LogP contribution in [0.2, 0.25) is 0 Å². The predicted molar refractivity (Wildman–Crippen MR) is 39.1 cm³/mol. The van der Waals surface area contributed by atoms with Crippen molar-refractivity contribution < 1.29 is 20.1 Å². The van der Waals surface area contributed by atoms with Crippen LogP contribution in [0.4, 0.5) is 0 Å². The maximum atomic E-state index is 9.42. The van der Waals surface area contributed by atoms with Crippen LogP contribution >= 0.6 is 0 Å². The molecule has 5 nitrogen and oxygen atoms in total. The topological polar surface area (TPSA) is 73.2 Å². The molecule has 12 heavy (non-hydrogen) atoms. The number of aliphatic hydroxyl groups is 3. The van der Waals surface area contributed by atoms with E-state index in [1.807, 2.05) is 4.90 Å². The van der Waals surface area contributed by atoms with Gasteiger partial charge in [0.25, 0.3) is 0 Å². The minimum Gasteiger partial charge on any atom is -0.391 e. The molecule has 4 unspecified atom stereocenters. The Morgan fingerprint density at radius 3 is 2.75 bits per heavy atom. The van der Waals surface area contributed by atoms with Gasteiger partial charge in [-0.25, -0.2) is 0 Å². The summed E-state index contributed by atoms with van der Waals surface area (Å²) in [7, 11) is 0. The van der Waals surface area contributed by atoms with E-state index in [0.29, 0.717) is 19.5 Å². The predicted octanol–water partition coefficient (Wildman–Crippen LogP) is -1.91. The standard InChI is InChI=1S/C7H13NO4/c9-4-1-2-8-3-5(10)12-7(11)6(4)8/h4-7,9-11H,1-3H2. The van der Waals surface area contributed by atoms with E-state index in [-0.39, 0.29) is 6.04 Å². The maximum Gasteiger partial charge on any atom is 0.175 e. The molecule has 5 heteroatoms. The second kappa shape index (κ2) is 2.93. The Labute approximate surface area is 70.2 Å². The molecule has 2 fully saturated rings. The Morgan fingerprint density at radius 1 is 1.25 bits per heavy atom. The monoisotopic (exact) mass is 175 g/mol. The number of rotatable bonds is 0. The lowest BCUT2D eigenvalue weighted by Crippen LogP contribution is -2.54. The van der Waals surface area contributed by atoms with Gasteiger partial charge in [-0.05, 0) is 6.42 Å². The highest BCUT2D eigenvalue weighted by Crippen LogP contribution is 2.25. The van der Waals surface area contributed by atoms with Gasteiger partial charge in [0.05, 0.1) is 12.1 Å². The van der Waals surface area contributed by atoms with Gasteiger partial charge in [0.15, 0.2) is 12.6 Å². The molecule has 2 aliphatic heterocycles. The molecule has 0 aromatic rings. The van der Waals surface area contributed by atoms with Crippen molar-refractivity contribution in [1.82, 2.24) is 4.90 Å². The van der Waals surface area contributed by atoms with E-state index in [4.69, 9.17) is 9.84 Å². The Bertz CT molecular complexity index is 177. The third kappa shape index (κ3) is 1.23. The highest BCUT2D eigenvalue weighted by Gasteiger charge is 2.43. The molecule has 0 amide bonds. The molecule has 70 valence electrons. The molecule has 0 aromatic carbocycles. The summed E-state index contributed by atoms with van der Waals surface area (Å²) in [5.74, 6) is 0. The van der Waals surface area contributed by atoms with Crippen LogP contribution < -0.4 is 0 Å². The average molecular weight is 175 g/mol. The number of ether oxygens (including phenoxy) is 1. The lowest BCUT2D eigenvalue weighted by Gasteiger charge is -2.37. The minimum absolute atomic E-state index is 0.353. The van der Waals surface area contributed by atoms with Gasteiger partial charge in [-0.15, -0.1) is 0 Å². The largest absolute Gasteiger partial charge is 0.391 e. The fourth-order valence-corrected chi connectivity index (χ4v) is 1.93. The van der Waals surface area contributed by atoms with Crippen molar-refractivity contribution >= 4 is 0 Å². The lowest BCUT2D eigenvalue weighted by molar-refractivity contribution is -0.271. The molecule has 2 rings (SSSR count). The molecule has 3 N–H and O–H groups in total. The SMILES string of the molecule is OC1CN2CCC(O)C2C(O)O1. The molecular weight excluding hydrogens is 162 g/mol. The summed E-state index contributed by atoms with van der Waals surface area (Å²) in [6.45, 7) is 1.09. The van der Waals surface area contributed by atoms with Crippen molar-refractivity contribution in [3.05, 3.63) is 0 Å². The highest BCUT2D eigenvalue weighted by molar-refractivity contribution is 4.91. The molecular formula is C7H13NO4. The molecule has 0 saturated carbocycles. The summed E-state index contributed by atoms with van der Waals surface area (Å²) in [4.78, 5) is 1.85. The van der Waals surface area contributed by atoms with E-state index in [2.05, 4.69) is 0 Å². The van der Waals surface area contributed by atoms with E-state index in [9.17, 15) is 10.2 Å². The van der Waals surface area contributed by atoms with E-state index < -0.39 is 18.7 Å². The molecule has 0 aromatic heterocycles. The number of morpholine rings is 1. The third-order valence-electron chi connectivity index (χ3n) is 2.51. The van der Waals surface area contributed by atoms with Gasteiger partial charge in [-0.2, -0.15) is 0 Å². The molecule has 2 heterocycles. The van der Waals surface area contributed by atoms with Gasteiger partial charge in [-0.1, -0.05) is 0 Å². The minimum atomic E-state index is -1.06. The molecule has 0 radical (unpaired) electrons. The Hall–Kier alpha value is -0.200. The first-order chi connectivity index (χ1) is 5.68. The average Bonchev–Trinajstić information content (AvgIpc) is 2.31. The summed E-state index contributed by atoms with van der Waals surface area (Å²) >= 11 is 0. The molecule has 0 bridgehead atoms. The Kier molecular flexibility index (Phi) is 2.05. The first kappa shape index (κ1) is 8.40. The van der Waals surface area contributed by atoms with Crippen LogP contribution in [0.15, 0.2) is 0 Å². The highest BCUT2D eigenvalue weighted by atomic mass is 16.7. The number of aliphatic hydroxyl groups excluding tert-OH is 3. The van der Waals surface area contributed by atoms with Crippen molar-refractivity contribution in [2.45, 2.75) is 31.1 Å². The van der Waals surface area contributed by atoms with Crippen molar-refractivity contribution in [2.24, 2.45) is 0 Å². The lowest BCUT2D eigenvalue weighted by atomic mass is 10.1. The summed E-state index contributed by atoms with van der Waals surface area (Å²) in [5.41, 5.74) is 0. The summed E-state index contributed by atoms with van der Waals surface area (Å²) in [6, 6.07) is -0.353. The van der Waals surface area contributed by atoms with Crippen LogP contribution in [0.25, 0.3) is 0 Å². The molecule has 4 atom stereocenters. The second-order valence-electron chi connectivity index (χ2n) is 3.32. The van der Waals surface area contributed by atoms with Gasteiger partial charge < -0.3 is 20.1 Å². The summed E-state index contributed by atoms with van der Waals surface area (Å²) in [6.07, 6.45) is -1.89. The van der Waals surface area contributed by atoms with Gasteiger partial charge in [0.1, 0.15) is 0 Å². The van der Waals surface area contributed by atoms with Crippen molar-refractivity contribution in [3.8, 4) is 0 Å². The number of hydrogen-bond donors (Lipinski definition) is 3. The van der Waals surface area contributed by atoms with E-state index in [1.165, 1.54) is 0 Å². The van der Waals surface area contributed by atoms with E-state index in [0.717, 1.165) is 0 Å². The van der Waals surface area contributed by atoms with Crippen molar-refractivity contribution in [2.75, 3.05) is 13.1 Å². The van der Waals surface area contributed by atoms with Crippen LogP contribution in [-0.4, -0.2) is 58.0 Å². The first-order valence-electron chi connectivity index (χ1n) is 4.12. The van der Waals surface area contributed by atoms with Gasteiger partial charge in [-0.3, -0.25) is 4.90 Å². The van der Waals surface area contributed by atoms with Gasteiger partial charge in [0.2, 0.25) is 0 Å². The van der Waals surface area contributed by atoms with Crippen molar-refractivity contribution in [3.63, 3.8) is 0 Å². The summed E-state index contributed by atoms with van der Waals surface area (Å²) < 4.78 is 4.78. The zero-order chi connectivity index (χ0) is 8.72. The Morgan fingerprint density at radius 2 is 2.00 bits per heavy atom. The second-order valence-corrected chi connectivity index (χ2v) is 3.32. The van der Waals surface area contributed by atoms with Crippen LogP contribution in [-0.2, 0) is 4.74 Å². The van der Waals surface area contributed by atoms with Crippen LogP contribution in [0, 0.1) is 0 Å². The first-order valence-corrected chi connectivity index (χ1v) is 4.12. The molecule has 0 aliphatic carbocycles. The maximum absolute atomic E-state index is 9.42. The quantitative estimate of drug-likeness (QED) is 0.400.